The summed E-state index contributed by atoms with van der Waals surface area (Å²) in [6.07, 6.45) is 1.29. The van der Waals surface area contributed by atoms with E-state index in [4.69, 9.17) is 21.1 Å². The molecule has 0 bridgehead atoms. The van der Waals surface area contributed by atoms with Crippen molar-refractivity contribution in [3.05, 3.63) is 53.1 Å². The maximum Gasteiger partial charge on any atom is 0.311 e. The van der Waals surface area contributed by atoms with Crippen molar-refractivity contribution in [1.82, 2.24) is 0 Å². The highest BCUT2D eigenvalue weighted by molar-refractivity contribution is 6.32. The number of para-hydroxylation sites is 2. The lowest BCUT2D eigenvalue weighted by atomic mass is 9.93. The first-order valence-corrected chi connectivity index (χ1v) is 7.78. The van der Waals surface area contributed by atoms with Gasteiger partial charge in [0.25, 0.3) is 0 Å². The molecule has 0 aliphatic carbocycles. The number of ether oxygens (including phenoxy) is 2. The van der Waals surface area contributed by atoms with Crippen LogP contribution in [0.2, 0.25) is 5.02 Å². The number of hydrogen-bond donors (Lipinski definition) is 1. The van der Waals surface area contributed by atoms with Crippen LogP contribution in [0.3, 0.4) is 0 Å². The molecule has 1 unspecified atom stereocenters. The van der Waals surface area contributed by atoms with Crippen molar-refractivity contribution in [3.8, 4) is 17.2 Å². The Labute approximate surface area is 140 Å². The van der Waals surface area contributed by atoms with Gasteiger partial charge in [-0.25, -0.2) is 0 Å². The summed E-state index contributed by atoms with van der Waals surface area (Å²) in [5.74, 6) is -0.148. The van der Waals surface area contributed by atoms with Crippen LogP contribution in [0.15, 0.2) is 42.5 Å². The monoisotopic (exact) mass is 334 g/mol. The van der Waals surface area contributed by atoms with Crippen LogP contribution in [0.4, 0.5) is 0 Å². The Bertz CT molecular complexity index is 684. The molecule has 0 saturated carbocycles. The molecule has 2 aromatic carbocycles. The highest BCUT2D eigenvalue weighted by atomic mass is 35.5. The van der Waals surface area contributed by atoms with Crippen LogP contribution in [0.5, 0.6) is 17.2 Å². The van der Waals surface area contributed by atoms with Gasteiger partial charge < -0.3 is 14.6 Å². The fourth-order valence-corrected chi connectivity index (χ4v) is 2.63. The maximum absolute atomic E-state index is 11.6. The third-order valence-corrected chi connectivity index (χ3v) is 3.83. The van der Waals surface area contributed by atoms with E-state index in [0.717, 1.165) is 6.42 Å². The van der Waals surface area contributed by atoms with Crippen LogP contribution in [-0.2, 0) is 4.79 Å². The van der Waals surface area contributed by atoms with E-state index in [-0.39, 0.29) is 0 Å². The predicted octanol–water partition coefficient (Wildman–Crippen LogP) is 5.11. The van der Waals surface area contributed by atoms with Gasteiger partial charge in [0, 0.05) is 5.56 Å². The number of benzene rings is 2. The van der Waals surface area contributed by atoms with Crippen molar-refractivity contribution >= 4 is 17.6 Å². The van der Waals surface area contributed by atoms with Crippen molar-refractivity contribution < 1.29 is 19.4 Å². The molecule has 0 aliphatic heterocycles. The number of carboxylic acid groups (broad SMARTS) is 1. The lowest BCUT2D eigenvalue weighted by molar-refractivity contribution is -0.139. The summed E-state index contributed by atoms with van der Waals surface area (Å²) >= 11 is 6.11. The minimum atomic E-state index is -0.875. The van der Waals surface area contributed by atoms with Crippen LogP contribution >= 0.6 is 11.6 Å². The molecule has 2 rings (SSSR count). The number of aliphatic carboxylic acids is 1. The average molecular weight is 335 g/mol. The molecule has 1 N–H and O–H groups in total. The zero-order valence-corrected chi connectivity index (χ0v) is 13.8. The number of halogens is 1. The van der Waals surface area contributed by atoms with E-state index in [1.165, 1.54) is 7.11 Å². The predicted molar refractivity (Wildman–Crippen MR) is 89.8 cm³/mol. The first-order chi connectivity index (χ1) is 11.1. The van der Waals surface area contributed by atoms with Gasteiger partial charge in [-0.1, -0.05) is 49.2 Å². The molecule has 2 aromatic rings. The highest BCUT2D eigenvalue weighted by Crippen LogP contribution is 2.40. The molecule has 0 amide bonds. The summed E-state index contributed by atoms with van der Waals surface area (Å²) in [5, 5.41) is 9.96. The van der Waals surface area contributed by atoms with E-state index >= 15 is 0 Å². The second-order valence-electron chi connectivity index (χ2n) is 5.09. The van der Waals surface area contributed by atoms with Crippen molar-refractivity contribution in [2.75, 3.05) is 7.11 Å². The third-order valence-electron chi connectivity index (χ3n) is 3.52. The third kappa shape index (κ3) is 3.96. The molecule has 0 radical (unpaired) electrons. The molecule has 0 fully saturated rings. The first-order valence-electron chi connectivity index (χ1n) is 7.40. The van der Waals surface area contributed by atoms with E-state index < -0.39 is 11.9 Å². The lowest BCUT2D eigenvalue weighted by Gasteiger charge is -2.18. The van der Waals surface area contributed by atoms with Crippen LogP contribution in [0, 0.1) is 0 Å². The van der Waals surface area contributed by atoms with Crippen molar-refractivity contribution in [3.63, 3.8) is 0 Å². The minimum Gasteiger partial charge on any atom is -0.493 e. The Hall–Kier alpha value is -2.20. The minimum absolute atomic E-state index is 0.424. The average Bonchev–Trinajstić information content (AvgIpc) is 2.54. The molecule has 0 aliphatic rings. The van der Waals surface area contributed by atoms with Gasteiger partial charge in [-0.2, -0.15) is 0 Å². The summed E-state index contributed by atoms with van der Waals surface area (Å²) in [7, 11) is 1.50. The second-order valence-corrected chi connectivity index (χ2v) is 5.50. The number of methoxy groups -OCH3 is 1. The zero-order valence-electron chi connectivity index (χ0n) is 13.1. The van der Waals surface area contributed by atoms with E-state index in [0.29, 0.717) is 34.3 Å². The Balaban J connectivity index is 2.44. The molecule has 0 spiro atoms. The molecule has 0 aromatic heterocycles. The van der Waals surface area contributed by atoms with E-state index in [1.54, 1.807) is 30.3 Å². The van der Waals surface area contributed by atoms with E-state index in [9.17, 15) is 9.90 Å². The first kappa shape index (κ1) is 17.2. The molecule has 122 valence electrons. The van der Waals surface area contributed by atoms with Gasteiger partial charge in [-0.05, 0) is 24.6 Å². The Morgan fingerprint density at radius 1 is 1.17 bits per heavy atom. The van der Waals surface area contributed by atoms with Gasteiger partial charge in [-0.3, -0.25) is 4.79 Å². The van der Waals surface area contributed by atoms with Gasteiger partial charge in [0.1, 0.15) is 5.75 Å². The number of carboxylic acids is 1. The Morgan fingerprint density at radius 2 is 1.87 bits per heavy atom. The SMILES string of the molecule is CCCC(C(=O)O)c1cccc(Oc2ccccc2Cl)c1OC. The number of carbonyl (C=O) groups is 1. The van der Waals surface area contributed by atoms with Crippen molar-refractivity contribution in [2.45, 2.75) is 25.7 Å². The lowest BCUT2D eigenvalue weighted by Crippen LogP contribution is -2.13. The normalized spacial score (nSPS) is 11.8. The van der Waals surface area contributed by atoms with Crippen LogP contribution in [-0.4, -0.2) is 18.2 Å². The summed E-state index contributed by atoms with van der Waals surface area (Å²) in [6.45, 7) is 1.95. The molecule has 4 nitrogen and oxygen atoms in total. The molecule has 5 heteroatoms. The molecule has 23 heavy (non-hydrogen) atoms. The Morgan fingerprint density at radius 3 is 2.48 bits per heavy atom. The fraction of sp³-hybridized carbons (Fsp3) is 0.278. The van der Waals surface area contributed by atoms with Gasteiger partial charge in [0.05, 0.1) is 18.1 Å². The summed E-state index contributed by atoms with van der Waals surface area (Å²) < 4.78 is 11.3. The molecule has 1 atom stereocenters. The number of rotatable bonds is 7. The summed E-state index contributed by atoms with van der Waals surface area (Å²) in [5.41, 5.74) is 0.603. The van der Waals surface area contributed by atoms with Gasteiger partial charge >= 0.3 is 5.97 Å². The standard InChI is InChI=1S/C18H19ClO4/c1-3-7-13(18(20)21)12-8-6-11-16(17(12)22-2)23-15-10-5-4-9-14(15)19/h4-6,8-11,13H,3,7H2,1-2H3,(H,20,21). The highest BCUT2D eigenvalue weighted by Gasteiger charge is 2.25. The quantitative estimate of drug-likeness (QED) is 0.764. The zero-order chi connectivity index (χ0) is 16.8. The van der Waals surface area contributed by atoms with Gasteiger partial charge in [0.2, 0.25) is 0 Å². The van der Waals surface area contributed by atoms with E-state index in [1.807, 2.05) is 19.1 Å². The number of hydrogen-bond acceptors (Lipinski definition) is 3. The topological polar surface area (TPSA) is 55.8 Å². The molecular weight excluding hydrogens is 316 g/mol. The van der Waals surface area contributed by atoms with Crippen LogP contribution in [0.25, 0.3) is 0 Å². The second kappa shape index (κ2) is 7.88. The van der Waals surface area contributed by atoms with Crippen molar-refractivity contribution in [2.24, 2.45) is 0 Å². The van der Waals surface area contributed by atoms with Crippen LogP contribution < -0.4 is 9.47 Å². The summed E-state index contributed by atoms with van der Waals surface area (Å²) in [6, 6.07) is 12.3. The van der Waals surface area contributed by atoms with Crippen LogP contribution in [0.1, 0.15) is 31.2 Å². The van der Waals surface area contributed by atoms with E-state index in [2.05, 4.69) is 0 Å². The molecular formula is C18H19ClO4. The largest absolute Gasteiger partial charge is 0.493 e. The van der Waals surface area contributed by atoms with Gasteiger partial charge in [0.15, 0.2) is 11.5 Å². The van der Waals surface area contributed by atoms with Gasteiger partial charge in [-0.15, -0.1) is 0 Å². The maximum atomic E-state index is 11.6. The molecule has 0 saturated heterocycles. The Kier molecular flexibility index (Phi) is 5.88. The van der Waals surface area contributed by atoms with Crippen molar-refractivity contribution in [1.29, 1.82) is 0 Å². The molecule has 0 heterocycles. The fourth-order valence-electron chi connectivity index (χ4n) is 2.45. The summed E-state index contributed by atoms with van der Waals surface area (Å²) in [4.78, 5) is 11.6. The smallest absolute Gasteiger partial charge is 0.311 e.